The molecule has 0 saturated carbocycles. The van der Waals surface area contributed by atoms with E-state index >= 15 is 0 Å². The Morgan fingerprint density at radius 3 is 2.58 bits per heavy atom. The van der Waals surface area contributed by atoms with E-state index in [1.807, 2.05) is 46.0 Å². The standard InChI is InChI=1S/C30H39F2N7O4/c1-29(2,3)43-28(42)38-14-12-37(13-15-38)11-5-10-36(4)21-6-7-25-24(16-21)23(8-9-34-25)27(41)35-19-26(40)39-20-30(31,32)17-22(39)18-33/h6-9,16,22H,5,10-15,17,19-20H2,1-4H3,(H,35,41)/t22-/m0/s1. The number of likely N-dealkylation sites (tertiary alicyclic amines) is 1. The number of halogens is 2. The van der Waals surface area contributed by atoms with Crippen LogP contribution in [0.25, 0.3) is 10.9 Å². The molecule has 0 bridgehead atoms. The van der Waals surface area contributed by atoms with Crippen molar-refractivity contribution in [2.45, 2.75) is 51.2 Å². The van der Waals surface area contributed by atoms with Crippen LogP contribution in [0.2, 0.25) is 0 Å². The Labute approximate surface area is 250 Å². The summed E-state index contributed by atoms with van der Waals surface area (Å²) < 4.78 is 32.9. The van der Waals surface area contributed by atoms with Gasteiger partial charge in [0.2, 0.25) is 5.91 Å². The fourth-order valence-electron chi connectivity index (χ4n) is 5.26. The third kappa shape index (κ3) is 8.28. The zero-order chi connectivity index (χ0) is 31.4. The van der Waals surface area contributed by atoms with Gasteiger partial charge in [0.25, 0.3) is 11.8 Å². The van der Waals surface area contributed by atoms with Crippen molar-refractivity contribution in [2.24, 2.45) is 0 Å². The van der Waals surface area contributed by atoms with E-state index in [0.29, 0.717) is 29.6 Å². The number of ether oxygens (including phenoxy) is 1. The predicted molar refractivity (Wildman–Crippen MR) is 157 cm³/mol. The van der Waals surface area contributed by atoms with Crippen molar-refractivity contribution in [3.63, 3.8) is 0 Å². The van der Waals surface area contributed by atoms with Crippen molar-refractivity contribution in [3.8, 4) is 6.07 Å². The van der Waals surface area contributed by atoms with Gasteiger partial charge in [-0.25, -0.2) is 13.6 Å². The lowest BCUT2D eigenvalue weighted by Crippen LogP contribution is -2.50. The van der Waals surface area contributed by atoms with E-state index in [2.05, 4.69) is 20.1 Å². The number of nitrogens with zero attached hydrogens (tertiary/aromatic N) is 6. The highest BCUT2D eigenvalue weighted by atomic mass is 19.3. The smallest absolute Gasteiger partial charge is 0.410 e. The van der Waals surface area contributed by atoms with Crippen molar-refractivity contribution in [2.75, 3.05) is 64.3 Å². The normalized spacial score (nSPS) is 18.8. The third-order valence-electron chi connectivity index (χ3n) is 7.54. The maximum absolute atomic E-state index is 13.7. The van der Waals surface area contributed by atoms with Crippen LogP contribution in [-0.2, 0) is 9.53 Å². The summed E-state index contributed by atoms with van der Waals surface area (Å²) in [4.78, 5) is 49.2. The number of carbonyl (C=O) groups excluding carboxylic acids is 3. The lowest BCUT2D eigenvalue weighted by molar-refractivity contribution is -0.131. The summed E-state index contributed by atoms with van der Waals surface area (Å²) in [5.74, 6) is -4.40. The molecule has 3 amide bonds. The molecule has 1 atom stereocenters. The average molecular weight is 600 g/mol. The van der Waals surface area contributed by atoms with Crippen molar-refractivity contribution in [3.05, 3.63) is 36.0 Å². The molecule has 1 aromatic heterocycles. The van der Waals surface area contributed by atoms with E-state index in [-0.39, 0.29) is 6.09 Å². The molecule has 4 rings (SSSR count). The Kier molecular flexibility index (Phi) is 9.69. The summed E-state index contributed by atoms with van der Waals surface area (Å²) in [6.45, 7) is 8.69. The van der Waals surface area contributed by atoms with Gasteiger partial charge in [-0.3, -0.25) is 19.5 Å². The molecule has 1 N–H and O–H groups in total. The Morgan fingerprint density at radius 2 is 1.91 bits per heavy atom. The third-order valence-corrected chi connectivity index (χ3v) is 7.54. The highest BCUT2D eigenvalue weighted by Crippen LogP contribution is 2.31. The first-order valence-electron chi connectivity index (χ1n) is 14.4. The summed E-state index contributed by atoms with van der Waals surface area (Å²) >= 11 is 0. The molecule has 0 radical (unpaired) electrons. The van der Waals surface area contributed by atoms with E-state index in [1.165, 1.54) is 6.20 Å². The van der Waals surface area contributed by atoms with Crippen molar-refractivity contribution >= 4 is 34.5 Å². The first-order valence-corrected chi connectivity index (χ1v) is 14.4. The maximum Gasteiger partial charge on any atom is 0.410 e. The van der Waals surface area contributed by atoms with Crippen molar-refractivity contribution in [1.82, 2.24) is 25.0 Å². The number of carbonyl (C=O) groups is 3. The van der Waals surface area contributed by atoms with Gasteiger partial charge in [0, 0.05) is 63.5 Å². The summed E-state index contributed by atoms with van der Waals surface area (Å²) in [5.41, 5.74) is 1.28. The molecule has 2 aliphatic heterocycles. The number of amides is 3. The molecule has 43 heavy (non-hydrogen) atoms. The number of nitriles is 1. The Morgan fingerprint density at radius 1 is 1.19 bits per heavy atom. The number of fused-ring (bicyclic) bond motifs is 1. The molecule has 0 aliphatic carbocycles. The Hall–Kier alpha value is -4.05. The molecule has 3 heterocycles. The molecule has 11 nitrogen and oxygen atoms in total. The van der Waals surface area contributed by atoms with Crippen LogP contribution in [0.5, 0.6) is 0 Å². The van der Waals surface area contributed by atoms with Gasteiger partial charge < -0.3 is 24.8 Å². The van der Waals surface area contributed by atoms with Crippen molar-refractivity contribution in [1.29, 1.82) is 5.26 Å². The highest BCUT2D eigenvalue weighted by Gasteiger charge is 2.47. The van der Waals surface area contributed by atoms with Crippen LogP contribution in [-0.4, -0.2) is 115 Å². The number of alkyl halides is 2. The van der Waals surface area contributed by atoms with Crippen molar-refractivity contribution < 1.29 is 27.9 Å². The number of aromatic nitrogens is 1. The average Bonchev–Trinajstić information content (AvgIpc) is 3.29. The second kappa shape index (κ2) is 13.1. The van der Waals surface area contributed by atoms with Crippen LogP contribution in [0.1, 0.15) is 44.0 Å². The fourth-order valence-corrected chi connectivity index (χ4v) is 5.26. The molecule has 0 spiro atoms. The van der Waals surface area contributed by atoms with E-state index in [1.54, 1.807) is 17.0 Å². The molecule has 2 saturated heterocycles. The number of hydrogen-bond donors (Lipinski definition) is 1. The summed E-state index contributed by atoms with van der Waals surface area (Å²) in [6.07, 6.45) is 1.40. The second-order valence-electron chi connectivity index (χ2n) is 12.1. The molecule has 232 valence electrons. The lowest BCUT2D eigenvalue weighted by Gasteiger charge is -2.35. The molecule has 0 unspecified atom stereocenters. The minimum atomic E-state index is -3.12. The van der Waals surface area contributed by atoms with Crippen LogP contribution in [0.15, 0.2) is 30.5 Å². The van der Waals surface area contributed by atoms with E-state index < -0.39 is 48.9 Å². The Balaban J connectivity index is 1.30. The number of nitrogens with one attached hydrogen (secondary N) is 1. The minimum Gasteiger partial charge on any atom is -0.444 e. The second-order valence-corrected chi connectivity index (χ2v) is 12.1. The fraction of sp³-hybridized carbons (Fsp3) is 0.567. The number of pyridine rings is 1. The van der Waals surface area contributed by atoms with Crippen LogP contribution in [0.3, 0.4) is 0 Å². The topological polar surface area (TPSA) is 122 Å². The highest BCUT2D eigenvalue weighted by molar-refractivity contribution is 6.07. The molecule has 2 aromatic rings. The number of anilines is 1. The van der Waals surface area contributed by atoms with Gasteiger partial charge in [-0.15, -0.1) is 0 Å². The summed E-state index contributed by atoms with van der Waals surface area (Å²) in [6, 6.07) is 7.67. The SMILES string of the molecule is CN(CCCN1CCN(C(=O)OC(C)(C)C)CC1)c1ccc2nccc(C(=O)NCC(=O)N3CC(F)(F)C[C@H]3C#N)c2c1. The summed E-state index contributed by atoms with van der Waals surface area (Å²) in [7, 11) is 1.97. The molecule has 2 aliphatic rings. The first kappa shape index (κ1) is 31.9. The molecular weight excluding hydrogens is 560 g/mol. The van der Waals surface area contributed by atoms with E-state index in [0.717, 1.165) is 43.2 Å². The number of rotatable bonds is 8. The summed E-state index contributed by atoms with van der Waals surface area (Å²) in [5, 5.41) is 12.3. The van der Waals surface area contributed by atoms with E-state index in [4.69, 9.17) is 10.00 Å². The monoisotopic (exact) mass is 599 g/mol. The number of benzene rings is 1. The molecule has 13 heteroatoms. The van der Waals surface area contributed by atoms with Gasteiger partial charge in [0.05, 0.1) is 30.2 Å². The number of hydrogen-bond acceptors (Lipinski definition) is 8. The molecule has 2 fully saturated rings. The zero-order valence-corrected chi connectivity index (χ0v) is 25.1. The van der Waals surface area contributed by atoms with Crippen LogP contribution in [0, 0.1) is 11.3 Å². The molecular formula is C30H39F2N7O4. The first-order chi connectivity index (χ1) is 20.3. The minimum absolute atomic E-state index is 0.277. The van der Waals surface area contributed by atoms with Crippen LogP contribution in [0.4, 0.5) is 19.3 Å². The largest absolute Gasteiger partial charge is 0.444 e. The van der Waals surface area contributed by atoms with Gasteiger partial charge in [-0.1, -0.05) is 0 Å². The van der Waals surface area contributed by atoms with Gasteiger partial charge in [-0.2, -0.15) is 5.26 Å². The van der Waals surface area contributed by atoms with E-state index in [9.17, 15) is 23.2 Å². The zero-order valence-electron chi connectivity index (χ0n) is 25.1. The van der Waals surface area contributed by atoms with Gasteiger partial charge in [-0.05, 0) is 58.0 Å². The Bertz CT molecular complexity index is 1380. The number of piperazine rings is 1. The van der Waals surface area contributed by atoms with Gasteiger partial charge >= 0.3 is 6.09 Å². The quantitative estimate of drug-likeness (QED) is 0.492. The lowest BCUT2D eigenvalue weighted by atomic mass is 10.1. The maximum atomic E-state index is 13.7. The van der Waals surface area contributed by atoms with Gasteiger partial charge in [0.15, 0.2) is 0 Å². The molecule has 1 aromatic carbocycles. The van der Waals surface area contributed by atoms with Gasteiger partial charge in [0.1, 0.15) is 11.6 Å². The predicted octanol–water partition coefficient (Wildman–Crippen LogP) is 3.10. The van der Waals surface area contributed by atoms with Crippen LogP contribution < -0.4 is 10.2 Å². The van der Waals surface area contributed by atoms with Crippen LogP contribution >= 0.6 is 0 Å².